The molecule has 0 unspecified atom stereocenters. The summed E-state index contributed by atoms with van der Waals surface area (Å²) in [5.41, 5.74) is 8.01. The summed E-state index contributed by atoms with van der Waals surface area (Å²) in [4.78, 5) is 17.8. The van der Waals surface area contributed by atoms with E-state index < -0.39 is 0 Å². The van der Waals surface area contributed by atoms with Gasteiger partial charge in [0.25, 0.3) is 0 Å². The van der Waals surface area contributed by atoms with Crippen molar-refractivity contribution in [2.24, 2.45) is 4.99 Å². The Hall–Kier alpha value is -3.79. The molecule has 0 saturated carbocycles. The van der Waals surface area contributed by atoms with Gasteiger partial charge in [-0.2, -0.15) is 0 Å². The third kappa shape index (κ3) is 3.19. The molecule has 29 heavy (non-hydrogen) atoms. The van der Waals surface area contributed by atoms with Crippen LogP contribution in [0.25, 0.3) is 33.3 Å². The smallest absolute Gasteiger partial charge is 0.140 e. The number of aromatic nitrogens is 3. The highest BCUT2D eigenvalue weighted by Gasteiger charge is 2.10. The normalized spacial score (nSPS) is 11.7. The molecule has 2 heterocycles. The lowest BCUT2D eigenvalue weighted by molar-refractivity contribution is 1.31. The third-order valence-electron chi connectivity index (χ3n) is 5.15. The van der Waals surface area contributed by atoms with Crippen molar-refractivity contribution in [3.8, 4) is 11.4 Å². The zero-order valence-electron chi connectivity index (χ0n) is 16.3. The Bertz CT molecular complexity index is 1330. The highest BCUT2D eigenvalue weighted by molar-refractivity contribution is 5.95. The van der Waals surface area contributed by atoms with E-state index >= 15 is 0 Å². The maximum atomic E-state index is 4.89. The summed E-state index contributed by atoms with van der Waals surface area (Å²) < 4.78 is 0. The first-order chi connectivity index (χ1) is 14.2. The summed E-state index contributed by atoms with van der Waals surface area (Å²) in [6, 6.07) is 24.5. The van der Waals surface area contributed by atoms with Crippen LogP contribution in [0.2, 0.25) is 0 Å². The topological polar surface area (TPSA) is 53.9 Å². The van der Waals surface area contributed by atoms with Crippen LogP contribution in [0.4, 0.5) is 5.69 Å². The molecule has 5 aromatic rings. The predicted molar refractivity (Wildman–Crippen MR) is 120 cm³/mol. The van der Waals surface area contributed by atoms with Crippen molar-refractivity contribution in [2.75, 3.05) is 0 Å². The molecule has 0 aliphatic rings. The Morgan fingerprint density at radius 2 is 1.59 bits per heavy atom. The van der Waals surface area contributed by atoms with Gasteiger partial charge < -0.3 is 4.98 Å². The van der Waals surface area contributed by atoms with Crippen molar-refractivity contribution in [3.63, 3.8) is 0 Å². The van der Waals surface area contributed by atoms with Gasteiger partial charge in [-0.3, -0.25) is 4.99 Å². The van der Waals surface area contributed by atoms with Crippen molar-refractivity contribution >= 4 is 33.8 Å². The average molecular weight is 376 g/mol. The molecule has 1 N–H and O–H groups in total. The van der Waals surface area contributed by atoms with Gasteiger partial charge in [0.1, 0.15) is 5.82 Å². The molecule has 0 aliphatic heterocycles. The van der Waals surface area contributed by atoms with Crippen molar-refractivity contribution in [1.82, 2.24) is 15.0 Å². The van der Waals surface area contributed by atoms with Gasteiger partial charge in [0.15, 0.2) is 0 Å². The lowest BCUT2D eigenvalue weighted by atomic mass is 10.1. The first-order valence-electron chi connectivity index (χ1n) is 9.64. The fraction of sp³-hybridized carbons (Fsp3) is 0.0800. The molecule has 0 aliphatic carbocycles. The molecular weight excluding hydrogens is 356 g/mol. The average Bonchev–Trinajstić information content (AvgIpc) is 3.17. The molecule has 0 saturated heterocycles. The largest absolute Gasteiger partial charge is 0.338 e. The predicted octanol–water partition coefficient (Wildman–Crippen LogP) is 6.15. The second-order valence-electron chi connectivity index (χ2n) is 7.21. The maximum absolute atomic E-state index is 4.89. The van der Waals surface area contributed by atoms with Crippen molar-refractivity contribution in [2.45, 2.75) is 13.8 Å². The molecule has 140 valence electrons. The van der Waals surface area contributed by atoms with Crippen LogP contribution in [0, 0.1) is 13.8 Å². The number of aryl methyl sites for hydroxylation is 2. The van der Waals surface area contributed by atoms with Gasteiger partial charge in [0, 0.05) is 10.9 Å². The highest BCUT2D eigenvalue weighted by atomic mass is 14.9. The monoisotopic (exact) mass is 376 g/mol. The summed E-state index contributed by atoms with van der Waals surface area (Å²) in [6.45, 7) is 4.15. The summed E-state index contributed by atoms with van der Waals surface area (Å²) in [7, 11) is 0. The summed E-state index contributed by atoms with van der Waals surface area (Å²) in [6.07, 6.45) is 1.84. The molecule has 0 bridgehead atoms. The first kappa shape index (κ1) is 17.3. The lowest BCUT2D eigenvalue weighted by Gasteiger charge is -2.05. The van der Waals surface area contributed by atoms with E-state index in [-0.39, 0.29) is 0 Å². The molecule has 3 aromatic carbocycles. The standard InChI is InChI=1S/C25H20N4/c1-16-7-5-8-17(2)23(16)26-15-19-14-13-18-9-6-10-20(24(18)27-19)25-28-21-11-3-4-12-22(21)29-25/h3-15H,1-2H3,(H,28,29). The Labute approximate surface area is 169 Å². The van der Waals surface area contributed by atoms with E-state index in [1.165, 1.54) is 0 Å². The van der Waals surface area contributed by atoms with Gasteiger partial charge >= 0.3 is 0 Å². The minimum Gasteiger partial charge on any atom is -0.338 e. The van der Waals surface area contributed by atoms with Crippen LogP contribution in [0.1, 0.15) is 16.8 Å². The van der Waals surface area contributed by atoms with Crippen molar-refractivity contribution in [1.29, 1.82) is 0 Å². The van der Waals surface area contributed by atoms with Gasteiger partial charge in [-0.05, 0) is 49.2 Å². The van der Waals surface area contributed by atoms with E-state index in [1.807, 2.05) is 42.6 Å². The van der Waals surface area contributed by atoms with E-state index in [1.54, 1.807) is 0 Å². The number of nitrogens with one attached hydrogen (secondary N) is 1. The number of hydrogen-bond donors (Lipinski definition) is 1. The molecule has 2 aromatic heterocycles. The number of imidazole rings is 1. The molecule has 4 nitrogen and oxygen atoms in total. The fourth-order valence-electron chi connectivity index (χ4n) is 3.65. The zero-order chi connectivity index (χ0) is 19.8. The second kappa shape index (κ2) is 6.99. The number of H-pyrrole nitrogens is 1. The fourth-order valence-corrected chi connectivity index (χ4v) is 3.65. The van der Waals surface area contributed by atoms with E-state index in [0.29, 0.717) is 0 Å². The van der Waals surface area contributed by atoms with Crippen LogP contribution >= 0.6 is 0 Å². The minimum atomic E-state index is 0.823. The number of hydrogen-bond acceptors (Lipinski definition) is 3. The molecule has 0 fully saturated rings. The minimum absolute atomic E-state index is 0.823. The van der Waals surface area contributed by atoms with E-state index in [2.05, 4.69) is 55.2 Å². The number of nitrogens with zero attached hydrogens (tertiary/aromatic N) is 3. The van der Waals surface area contributed by atoms with Crippen LogP contribution < -0.4 is 0 Å². The van der Waals surface area contributed by atoms with Gasteiger partial charge in [-0.15, -0.1) is 0 Å². The highest BCUT2D eigenvalue weighted by Crippen LogP contribution is 2.27. The molecule has 0 radical (unpaired) electrons. The Balaban J connectivity index is 1.61. The number of rotatable bonds is 3. The summed E-state index contributed by atoms with van der Waals surface area (Å²) >= 11 is 0. The van der Waals surface area contributed by atoms with E-state index in [4.69, 9.17) is 15.0 Å². The Morgan fingerprint density at radius 3 is 2.41 bits per heavy atom. The Morgan fingerprint density at radius 1 is 0.793 bits per heavy atom. The molecule has 0 atom stereocenters. The number of aromatic amines is 1. The van der Waals surface area contributed by atoms with Crippen molar-refractivity contribution in [3.05, 3.63) is 89.6 Å². The number of fused-ring (bicyclic) bond motifs is 2. The molecule has 5 rings (SSSR count). The SMILES string of the molecule is Cc1cccc(C)c1N=Cc1ccc2cccc(-c3nc4ccccc4[nH]3)c2n1. The summed E-state index contributed by atoms with van der Waals surface area (Å²) in [5.74, 6) is 0.827. The number of benzene rings is 3. The van der Waals surface area contributed by atoms with E-state index in [0.717, 1.165) is 55.8 Å². The molecule has 0 spiro atoms. The number of aliphatic imine (C=N–C) groups is 1. The lowest BCUT2D eigenvalue weighted by Crippen LogP contribution is -1.92. The number of para-hydroxylation sites is 4. The van der Waals surface area contributed by atoms with Gasteiger partial charge in [0.05, 0.1) is 34.1 Å². The van der Waals surface area contributed by atoms with Crippen LogP contribution in [0.5, 0.6) is 0 Å². The molecule has 0 amide bonds. The number of pyridine rings is 1. The zero-order valence-corrected chi connectivity index (χ0v) is 16.3. The van der Waals surface area contributed by atoms with Gasteiger partial charge in [-0.1, -0.05) is 48.5 Å². The Kier molecular flexibility index (Phi) is 4.17. The van der Waals surface area contributed by atoms with Gasteiger partial charge in [0.2, 0.25) is 0 Å². The van der Waals surface area contributed by atoms with Gasteiger partial charge in [-0.25, -0.2) is 9.97 Å². The summed E-state index contributed by atoms with van der Waals surface area (Å²) in [5, 5.41) is 1.08. The third-order valence-corrected chi connectivity index (χ3v) is 5.15. The quantitative estimate of drug-likeness (QED) is 0.384. The van der Waals surface area contributed by atoms with Crippen LogP contribution in [0.3, 0.4) is 0 Å². The van der Waals surface area contributed by atoms with Crippen molar-refractivity contribution < 1.29 is 0 Å². The molecular formula is C25H20N4. The maximum Gasteiger partial charge on any atom is 0.140 e. The van der Waals surface area contributed by atoms with Crippen LogP contribution in [-0.2, 0) is 0 Å². The first-order valence-corrected chi connectivity index (χ1v) is 9.64. The van der Waals surface area contributed by atoms with Crippen LogP contribution in [-0.4, -0.2) is 21.2 Å². The molecule has 4 heteroatoms. The second-order valence-corrected chi connectivity index (χ2v) is 7.21. The van der Waals surface area contributed by atoms with E-state index in [9.17, 15) is 0 Å². The van der Waals surface area contributed by atoms with Crippen LogP contribution in [0.15, 0.2) is 77.8 Å².